The number of H-pyrrole nitrogens is 1. The zero-order valence-corrected chi connectivity index (χ0v) is 12.2. The lowest BCUT2D eigenvalue weighted by Gasteiger charge is -2.44. The molecule has 0 radical (unpaired) electrons. The van der Waals surface area contributed by atoms with Gasteiger partial charge in [0.05, 0.1) is 17.1 Å². The Balaban J connectivity index is 1.59. The fourth-order valence-electron chi connectivity index (χ4n) is 3.62. The highest BCUT2D eigenvalue weighted by Crippen LogP contribution is 2.28. The van der Waals surface area contributed by atoms with Crippen LogP contribution < -0.4 is 5.32 Å². The highest BCUT2D eigenvalue weighted by molar-refractivity contribution is 6.05. The molecule has 3 fully saturated rings. The van der Waals surface area contributed by atoms with E-state index in [1.807, 2.05) is 0 Å². The van der Waals surface area contributed by atoms with Crippen molar-refractivity contribution in [2.24, 2.45) is 5.92 Å². The van der Waals surface area contributed by atoms with Gasteiger partial charge in [0.2, 0.25) is 0 Å². The minimum atomic E-state index is -0.153. The van der Waals surface area contributed by atoms with Crippen LogP contribution in [0.4, 0.5) is 0 Å². The highest BCUT2D eigenvalue weighted by Gasteiger charge is 2.35. The predicted molar refractivity (Wildman–Crippen MR) is 81.2 cm³/mol. The van der Waals surface area contributed by atoms with Crippen molar-refractivity contribution in [3.63, 3.8) is 0 Å². The third-order valence-electron chi connectivity index (χ3n) is 4.88. The maximum Gasteiger partial charge on any atom is 0.272 e. The summed E-state index contributed by atoms with van der Waals surface area (Å²) in [6.45, 7) is 3.23. The van der Waals surface area contributed by atoms with E-state index in [1.54, 1.807) is 18.2 Å². The van der Waals surface area contributed by atoms with Gasteiger partial charge in [0.1, 0.15) is 0 Å². The van der Waals surface area contributed by atoms with Crippen molar-refractivity contribution < 1.29 is 4.79 Å². The van der Waals surface area contributed by atoms with Crippen LogP contribution in [0.5, 0.6) is 0 Å². The number of hydrogen-bond donors (Lipinski definition) is 2. The number of nitrogens with one attached hydrogen (secondary N) is 2. The van der Waals surface area contributed by atoms with Gasteiger partial charge in [-0.1, -0.05) is 0 Å². The van der Waals surface area contributed by atoms with Crippen molar-refractivity contribution in [3.8, 4) is 6.07 Å². The van der Waals surface area contributed by atoms with Gasteiger partial charge in [0, 0.05) is 18.0 Å². The normalized spacial score (nSPS) is 26.8. The molecule has 3 aliphatic rings. The summed E-state index contributed by atoms with van der Waals surface area (Å²) in [4.78, 5) is 15.0. The molecule has 1 atom stereocenters. The maximum absolute atomic E-state index is 12.6. The first-order chi connectivity index (χ1) is 10.7. The van der Waals surface area contributed by atoms with Crippen LogP contribution in [-0.4, -0.2) is 46.7 Å². The van der Waals surface area contributed by atoms with E-state index in [0.717, 1.165) is 38.0 Å². The Kier molecular flexibility index (Phi) is 3.09. The van der Waals surface area contributed by atoms with E-state index in [0.29, 0.717) is 22.6 Å². The number of benzene rings is 1. The average Bonchev–Trinajstić information content (AvgIpc) is 2.99. The second-order valence-electron chi connectivity index (χ2n) is 6.16. The van der Waals surface area contributed by atoms with Crippen molar-refractivity contribution >= 4 is 16.8 Å². The molecular formula is C16H17N5O. The van der Waals surface area contributed by atoms with Crippen LogP contribution in [0.3, 0.4) is 0 Å². The molecule has 4 heterocycles. The van der Waals surface area contributed by atoms with Crippen molar-refractivity contribution in [2.45, 2.75) is 18.9 Å². The van der Waals surface area contributed by atoms with E-state index in [9.17, 15) is 4.79 Å². The predicted octanol–water partition coefficient (Wildman–Crippen LogP) is 1.26. The average molecular weight is 295 g/mol. The maximum atomic E-state index is 12.6. The summed E-state index contributed by atoms with van der Waals surface area (Å²) in [6.07, 6.45) is 2.32. The Labute approximate surface area is 128 Å². The number of aromatic amines is 1. The topological polar surface area (TPSA) is 84.8 Å². The number of rotatable bonds is 2. The Morgan fingerprint density at radius 3 is 2.91 bits per heavy atom. The summed E-state index contributed by atoms with van der Waals surface area (Å²) in [6, 6.07) is 7.52. The number of aromatic nitrogens is 2. The molecule has 1 amide bonds. The highest BCUT2D eigenvalue weighted by atomic mass is 16.2. The van der Waals surface area contributed by atoms with Crippen molar-refractivity contribution in [1.29, 1.82) is 5.26 Å². The van der Waals surface area contributed by atoms with E-state index >= 15 is 0 Å². The van der Waals surface area contributed by atoms with E-state index in [2.05, 4.69) is 26.5 Å². The van der Waals surface area contributed by atoms with Crippen LogP contribution in [0.15, 0.2) is 18.2 Å². The van der Waals surface area contributed by atoms with Crippen LogP contribution in [0.1, 0.15) is 28.9 Å². The first kappa shape index (κ1) is 13.3. The summed E-state index contributed by atoms with van der Waals surface area (Å²) in [7, 11) is 0. The summed E-state index contributed by atoms with van der Waals surface area (Å²) >= 11 is 0. The third-order valence-corrected chi connectivity index (χ3v) is 4.88. The van der Waals surface area contributed by atoms with E-state index < -0.39 is 0 Å². The molecule has 0 saturated carbocycles. The summed E-state index contributed by atoms with van der Waals surface area (Å²) in [5.41, 5.74) is 1.69. The van der Waals surface area contributed by atoms with E-state index in [-0.39, 0.29) is 11.9 Å². The van der Waals surface area contributed by atoms with E-state index in [1.165, 1.54) is 0 Å². The molecule has 1 aromatic heterocycles. The molecule has 22 heavy (non-hydrogen) atoms. The number of hydrogen-bond acceptors (Lipinski definition) is 4. The molecule has 6 heteroatoms. The van der Waals surface area contributed by atoms with Crippen LogP contribution in [-0.2, 0) is 0 Å². The number of carbonyl (C=O) groups excluding carboxylic acids is 1. The molecule has 2 N–H and O–H groups in total. The SMILES string of the molecule is N#Cc1ccc2[nH]nc(C(=O)NC3CN4CCC3CC4)c2c1. The molecule has 3 aliphatic heterocycles. The Morgan fingerprint density at radius 2 is 2.23 bits per heavy atom. The Bertz CT molecular complexity index is 766. The molecule has 1 unspecified atom stereocenters. The first-order valence-electron chi connectivity index (χ1n) is 7.66. The van der Waals surface area contributed by atoms with Gasteiger partial charge in [-0.3, -0.25) is 9.89 Å². The minimum Gasteiger partial charge on any atom is -0.346 e. The van der Waals surface area contributed by atoms with Gasteiger partial charge in [-0.2, -0.15) is 10.4 Å². The number of piperidine rings is 3. The zero-order chi connectivity index (χ0) is 15.1. The standard InChI is InChI=1S/C16H17N5O/c17-8-10-1-2-13-12(7-10)15(20-19-13)16(22)18-14-9-21-5-3-11(14)4-6-21/h1-2,7,11,14H,3-6,9H2,(H,18,22)(H,19,20). The molecule has 2 bridgehead atoms. The number of nitrogens with zero attached hydrogens (tertiary/aromatic N) is 3. The second kappa shape index (κ2) is 5.11. The van der Waals surface area contributed by atoms with Crippen molar-refractivity contribution in [1.82, 2.24) is 20.4 Å². The van der Waals surface area contributed by atoms with Crippen molar-refractivity contribution in [2.75, 3.05) is 19.6 Å². The molecule has 0 spiro atoms. The summed E-state index contributed by atoms with van der Waals surface area (Å²) < 4.78 is 0. The van der Waals surface area contributed by atoms with Gasteiger partial charge in [0.15, 0.2) is 5.69 Å². The zero-order valence-electron chi connectivity index (χ0n) is 12.2. The molecule has 1 aromatic carbocycles. The number of amides is 1. The quantitative estimate of drug-likeness (QED) is 0.873. The molecule has 6 nitrogen and oxygen atoms in total. The van der Waals surface area contributed by atoms with Gasteiger partial charge in [-0.25, -0.2) is 0 Å². The van der Waals surface area contributed by atoms with Crippen LogP contribution in [0.25, 0.3) is 10.9 Å². The van der Waals surface area contributed by atoms with E-state index in [4.69, 9.17) is 5.26 Å². The van der Waals surface area contributed by atoms with Crippen molar-refractivity contribution in [3.05, 3.63) is 29.5 Å². The second-order valence-corrected chi connectivity index (χ2v) is 6.16. The third kappa shape index (κ3) is 2.14. The Morgan fingerprint density at radius 1 is 1.41 bits per heavy atom. The smallest absolute Gasteiger partial charge is 0.272 e. The largest absolute Gasteiger partial charge is 0.346 e. The van der Waals surface area contributed by atoms with Gasteiger partial charge in [0.25, 0.3) is 5.91 Å². The molecular weight excluding hydrogens is 278 g/mol. The summed E-state index contributed by atoms with van der Waals surface area (Å²) in [5.74, 6) is 0.425. The lowest BCUT2D eigenvalue weighted by molar-refractivity contribution is 0.0618. The molecule has 2 aromatic rings. The Hall–Kier alpha value is -2.39. The molecule has 3 saturated heterocycles. The van der Waals surface area contributed by atoms with Crippen LogP contribution in [0, 0.1) is 17.2 Å². The van der Waals surface area contributed by atoms with Gasteiger partial charge < -0.3 is 10.2 Å². The molecule has 5 rings (SSSR count). The number of fused-ring (bicyclic) bond motifs is 4. The number of nitriles is 1. The van der Waals surface area contributed by atoms with Gasteiger partial charge in [-0.15, -0.1) is 0 Å². The lowest BCUT2D eigenvalue weighted by atomic mass is 9.84. The molecule has 112 valence electrons. The van der Waals surface area contributed by atoms with Crippen LogP contribution >= 0.6 is 0 Å². The lowest BCUT2D eigenvalue weighted by Crippen LogP contribution is -2.57. The monoisotopic (exact) mass is 295 g/mol. The van der Waals surface area contributed by atoms with Gasteiger partial charge in [-0.05, 0) is 50.0 Å². The van der Waals surface area contributed by atoms with Gasteiger partial charge >= 0.3 is 0 Å². The number of carbonyl (C=O) groups is 1. The fourth-order valence-corrected chi connectivity index (χ4v) is 3.62. The summed E-state index contributed by atoms with van der Waals surface area (Å²) in [5, 5.41) is 19.9. The minimum absolute atomic E-state index is 0.153. The fraction of sp³-hybridized carbons (Fsp3) is 0.438. The van der Waals surface area contributed by atoms with Crippen LogP contribution in [0.2, 0.25) is 0 Å². The molecule has 0 aliphatic carbocycles. The first-order valence-corrected chi connectivity index (χ1v) is 7.66.